The normalized spacial score (nSPS) is 18.6. The standard InChI is InChI=1S/C26H26N2O5/c1-4-32-22-13-12-16(14-24(22)31-3)26-28-20(18-9-7-11-23(30-2)25(18)33-26)15-19(27-28)17-8-5-6-10-21(17)29/h5-14,20,26,29H,4,15H2,1-3H3/t20-,26-/m0/s1. The van der Waals surface area contributed by atoms with Crippen LogP contribution in [0.5, 0.6) is 28.7 Å². The summed E-state index contributed by atoms with van der Waals surface area (Å²) in [6, 6.07) is 18.8. The number of fused-ring (bicyclic) bond motifs is 3. The Morgan fingerprint density at radius 2 is 1.82 bits per heavy atom. The fourth-order valence-corrected chi connectivity index (χ4v) is 4.46. The van der Waals surface area contributed by atoms with E-state index in [0.717, 1.165) is 22.4 Å². The Kier molecular flexibility index (Phi) is 5.46. The number of methoxy groups -OCH3 is 2. The van der Waals surface area contributed by atoms with E-state index in [4.69, 9.17) is 24.0 Å². The van der Waals surface area contributed by atoms with E-state index in [1.165, 1.54) is 0 Å². The van der Waals surface area contributed by atoms with Crippen molar-refractivity contribution in [2.75, 3.05) is 20.8 Å². The SMILES string of the molecule is CCOc1ccc([C@@H]2Oc3c(OC)cccc3[C@@H]3CC(c4ccccc4O)=NN32)cc1OC. The molecule has 0 saturated heterocycles. The molecule has 2 aliphatic rings. The maximum Gasteiger partial charge on any atom is 0.214 e. The van der Waals surface area contributed by atoms with Gasteiger partial charge in [0.05, 0.1) is 32.6 Å². The number of ether oxygens (including phenoxy) is 4. The third kappa shape index (κ3) is 3.59. The zero-order chi connectivity index (χ0) is 22.9. The number of benzene rings is 3. The molecule has 1 N–H and O–H groups in total. The highest BCUT2D eigenvalue weighted by Gasteiger charge is 2.42. The molecule has 170 valence electrons. The van der Waals surface area contributed by atoms with Gasteiger partial charge in [0.25, 0.3) is 0 Å². The monoisotopic (exact) mass is 446 g/mol. The zero-order valence-electron chi connectivity index (χ0n) is 18.8. The highest BCUT2D eigenvalue weighted by Crippen LogP contribution is 2.51. The van der Waals surface area contributed by atoms with Gasteiger partial charge in [0.1, 0.15) is 5.75 Å². The van der Waals surface area contributed by atoms with Crippen LogP contribution in [0.15, 0.2) is 65.8 Å². The molecule has 0 saturated carbocycles. The fourth-order valence-electron chi connectivity index (χ4n) is 4.46. The van der Waals surface area contributed by atoms with Crippen LogP contribution in [-0.4, -0.2) is 36.7 Å². The summed E-state index contributed by atoms with van der Waals surface area (Å²) < 4.78 is 23.4. The smallest absolute Gasteiger partial charge is 0.214 e. The van der Waals surface area contributed by atoms with Crippen molar-refractivity contribution in [1.29, 1.82) is 0 Å². The second-order valence-corrected chi connectivity index (χ2v) is 7.86. The Labute approximate surface area is 192 Å². The van der Waals surface area contributed by atoms with Crippen LogP contribution in [0.25, 0.3) is 0 Å². The molecule has 0 aromatic heterocycles. The van der Waals surface area contributed by atoms with Gasteiger partial charge < -0.3 is 24.1 Å². The number of hydrazone groups is 1. The lowest BCUT2D eigenvalue weighted by Crippen LogP contribution is -2.33. The Morgan fingerprint density at radius 3 is 2.58 bits per heavy atom. The van der Waals surface area contributed by atoms with Crippen LogP contribution in [0.3, 0.4) is 0 Å². The molecule has 0 amide bonds. The predicted octanol–water partition coefficient (Wildman–Crippen LogP) is 5.05. The van der Waals surface area contributed by atoms with Crippen molar-refractivity contribution < 1.29 is 24.1 Å². The molecule has 0 aliphatic carbocycles. The minimum Gasteiger partial charge on any atom is -0.507 e. The summed E-state index contributed by atoms with van der Waals surface area (Å²) in [5, 5.41) is 17.3. The lowest BCUT2D eigenvalue weighted by atomic mass is 9.95. The van der Waals surface area contributed by atoms with Crippen molar-refractivity contribution in [2.45, 2.75) is 25.6 Å². The van der Waals surface area contributed by atoms with Crippen LogP contribution in [0, 0.1) is 0 Å². The van der Waals surface area contributed by atoms with Crippen molar-refractivity contribution >= 4 is 5.71 Å². The van der Waals surface area contributed by atoms with Gasteiger partial charge in [-0.25, -0.2) is 5.01 Å². The lowest BCUT2D eigenvalue weighted by molar-refractivity contribution is -0.0210. The number of phenols is 1. The number of hydrogen-bond donors (Lipinski definition) is 1. The number of hydrogen-bond acceptors (Lipinski definition) is 7. The molecule has 2 aliphatic heterocycles. The van der Waals surface area contributed by atoms with E-state index in [1.54, 1.807) is 26.4 Å². The summed E-state index contributed by atoms with van der Waals surface area (Å²) in [6.45, 7) is 2.48. The second kappa shape index (κ2) is 8.58. The quantitative estimate of drug-likeness (QED) is 0.571. The lowest BCUT2D eigenvalue weighted by Gasteiger charge is -2.38. The van der Waals surface area contributed by atoms with Crippen molar-refractivity contribution in [2.24, 2.45) is 5.10 Å². The van der Waals surface area contributed by atoms with E-state index < -0.39 is 6.23 Å². The number of nitrogens with zero attached hydrogens (tertiary/aromatic N) is 2. The van der Waals surface area contributed by atoms with Gasteiger partial charge in [0.2, 0.25) is 6.23 Å². The molecule has 0 fully saturated rings. The topological polar surface area (TPSA) is 72.8 Å². The molecular weight excluding hydrogens is 420 g/mol. The first-order valence-corrected chi connectivity index (χ1v) is 10.9. The Bertz CT molecular complexity index is 1210. The molecule has 3 aromatic rings. The molecule has 3 aromatic carbocycles. The Morgan fingerprint density at radius 1 is 1.00 bits per heavy atom. The van der Waals surface area contributed by atoms with E-state index >= 15 is 0 Å². The molecule has 7 nitrogen and oxygen atoms in total. The number of para-hydroxylation sites is 2. The Hall–Kier alpha value is -3.87. The van der Waals surface area contributed by atoms with Crippen LogP contribution in [0.4, 0.5) is 0 Å². The van der Waals surface area contributed by atoms with Crippen LogP contribution >= 0.6 is 0 Å². The molecule has 0 spiro atoms. The maximum atomic E-state index is 10.4. The molecular formula is C26H26N2O5. The summed E-state index contributed by atoms with van der Waals surface area (Å²) in [6.07, 6.45) is 0.123. The van der Waals surface area contributed by atoms with Gasteiger partial charge in [-0.2, -0.15) is 5.10 Å². The van der Waals surface area contributed by atoms with Crippen LogP contribution in [-0.2, 0) is 0 Å². The average Bonchev–Trinajstić information content (AvgIpc) is 3.29. The number of phenolic OH excluding ortho intramolecular Hbond substituents is 1. The van der Waals surface area contributed by atoms with Crippen LogP contribution in [0.2, 0.25) is 0 Å². The number of aromatic hydroxyl groups is 1. The van der Waals surface area contributed by atoms with Crippen molar-refractivity contribution in [3.05, 3.63) is 77.4 Å². The van der Waals surface area contributed by atoms with E-state index in [1.807, 2.05) is 60.5 Å². The summed E-state index contributed by atoms with van der Waals surface area (Å²) >= 11 is 0. The van der Waals surface area contributed by atoms with Gasteiger partial charge in [0, 0.05) is 23.1 Å². The van der Waals surface area contributed by atoms with Crippen LogP contribution in [0.1, 0.15) is 42.3 Å². The highest BCUT2D eigenvalue weighted by molar-refractivity contribution is 6.04. The second-order valence-electron chi connectivity index (χ2n) is 7.86. The van der Waals surface area contributed by atoms with E-state index in [2.05, 4.69) is 0 Å². The molecule has 33 heavy (non-hydrogen) atoms. The minimum atomic E-state index is -0.508. The third-order valence-electron chi connectivity index (χ3n) is 5.99. The predicted molar refractivity (Wildman–Crippen MR) is 124 cm³/mol. The molecule has 5 rings (SSSR count). The number of rotatable bonds is 6. The summed E-state index contributed by atoms with van der Waals surface area (Å²) in [5.41, 5.74) is 3.40. The largest absolute Gasteiger partial charge is 0.507 e. The molecule has 2 atom stereocenters. The summed E-state index contributed by atoms with van der Waals surface area (Å²) in [5.74, 6) is 2.89. The van der Waals surface area contributed by atoms with Gasteiger partial charge in [-0.05, 0) is 43.3 Å². The first kappa shape index (κ1) is 21.0. The van der Waals surface area contributed by atoms with Crippen molar-refractivity contribution in [3.8, 4) is 28.7 Å². The highest BCUT2D eigenvalue weighted by atomic mass is 16.5. The van der Waals surface area contributed by atoms with Gasteiger partial charge in [-0.15, -0.1) is 0 Å². The maximum absolute atomic E-state index is 10.4. The average molecular weight is 447 g/mol. The van der Waals surface area contributed by atoms with Crippen molar-refractivity contribution in [3.63, 3.8) is 0 Å². The summed E-state index contributed by atoms with van der Waals surface area (Å²) in [4.78, 5) is 0. The van der Waals surface area contributed by atoms with Gasteiger partial charge in [-0.3, -0.25) is 0 Å². The van der Waals surface area contributed by atoms with Gasteiger partial charge >= 0.3 is 0 Å². The van der Waals surface area contributed by atoms with Crippen LogP contribution < -0.4 is 18.9 Å². The molecule has 0 unspecified atom stereocenters. The van der Waals surface area contributed by atoms with E-state index in [-0.39, 0.29) is 11.8 Å². The first-order valence-electron chi connectivity index (χ1n) is 10.9. The molecule has 0 bridgehead atoms. The Balaban J connectivity index is 1.62. The van der Waals surface area contributed by atoms with E-state index in [9.17, 15) is 5.11 Å². The summed E-state index contributed by atoms with van der Waals surface area (Å²) in [7, 11) is 3.26. The molecule has 0 radical (unpaired) electrons. The third-order valence-corrected chi connectivity index (χ3v) is 5.99. The molecule has 7 heteroatoms. The van der Waals surface area contributed by atoms with Crippen molar-refractivity contribution in [1.82, 2.24) is 5.01 Å². The zero-order valence-corrected chi connectivity index (χ0v) is 18.8. The van der Waals surface area contributed by atoms with E-state index in [0.29, 0.717) is 36.0 Å². The fraction of sp³-hybridized carbons (Fsp3) is 0.269. The first-order chi connectivity index (χ1) is 16.1. The van der Waals surface area contributed by atoms with Gasteiger partial charge in [0.15, 0.2) is 23.0 Å². The van der Waals surface area contributed by atoms with Gasteiger partial charge in [-0.1, -0.05) is 24.3 Å². The minimum absolute atomic E-state index is 0.0685. The molecule has 2 heterocycles.